The molecule has 0 fully saturated rings. The number of hydrogen-bond acceptors (Lipinski definition) is 3. The molecule has 3 heteroatoms. The van der Waals surface area contributed by atoms with Gasteiger partial charge in [0.05, 0.1) is 10.9 Å². The summed E-state index contributed by atoms with van der Waals surface area (Å²) in [7, 11) is 0. The van der Waals surface area contributed by atoms with Crippen molar-refractivity contribution < 1.29 is 4.42 Å². The van der Waals surface area contributed by atoms with Gasteiger partial charge in [0.1, 0.15) is 0 Å². The van der Waals surface area contributed by atoms with E-state index < -0.39 is 0 Å². The highest BCUT2D eigenvalue weighted by Gasteiger charge is 2.05. The maximum absolute atomic E-state index is 11.6. The van der Waals surface area contributed by atoms with Crippen molar-refractivity contribution in [3.63, 3.8) is 0 Å². The van der Waals surface area contributed by atoms with Crippen molar-refractivity contribution in [2.45, 2.75) is 26.7 Å². The maximum atomic E-state index is 11.6. The Morgan fingerprint density at radius 3 is 2.93 bits per heavy atom. The van der Waals surface area contributed by atoms with Gasteiger partial charge in [-0.15, -0.1) is 0 Å². The van der Waals surface area contributed by atoms with Gasteiger partial charge >= 0.3 is 5.63 Å². The average molecular weight is 203 g/mol. The molecule has 0 saturated heterocycles. The van der Waals surface area contributed by atoms with E-state index in [1.807, 2.05) is 32.0 Å². The van der Waals surface area contributed by atoms with Gasteiger partial charge < -0.3 is 4.42 Å². The lowest BCUT2D eigenvalue weighted by molar-refractivity contribution is 0.442. The van der Waals surface area contributed by atoms with Crippen molar-refractivity contribution >= 4 is 10.9 Å². The molecule has 1 aromatic carbocycles. The molecule has 0 saturated carbocycles. The summed E-state index contributed by atoms with van der Waals surface area (Å²) in [5.41, 5.74) is 1.48. The molecule has 0 aliphatic rings. The Bertz CT molecular complexity index is 543. The molecular formula is C12H13NO2. The first-order valence-corrected chi connectivity index (χ1v) is 5.11. The molecule has 2 rings (SSSR count). The molecule has 0 unspecified atom stereocenters. The predicted molar refractivity (Wildman–Crippen MR) is 59.0 cm³/mol. The summed E-state index contributed by atoms with van der Waals surface area (Å²) in [5.74, 6) is 0.527. The third kappa shape index (κ3) is 1.91. The van der Waals surface area contributed by atoms with Crippen LogP contribution in [-0.2, 0) is 6.42 Å². The molecule has 1 aromatic heterocycles. The summed E-state index contributed by atoms with van der Waals surface area (Å²) in [6.07, 6.45) is 1.63. The zero-order chi connectivity index (χ0) is 10.8. The Morgan fingerprint density at radius 1 is 1.40 bits per heavy atom. The molecule has 0 spiro atoms. The van der Waals surface area contributed by atoms with Crippen LogP contribution >= 0.6 is 0 Å². The van der Waals surface area contributed by atoms with Gasteiger partial charge in [0.25, 0.3) is 0 Å². The Balaban J connectivity index is 2.67. The molecule has 78 valence electrons. The van der Waals surface area contributed by atoms with E-state index in [-0.39, 0.29) is 5.63 Å². The smallest absolute Gasteiger partial charge is 0.346 e. The zero-order valence-corrected chi connectivity index (χ0v) is 8.91. The molecule has 1 heterocycles. The number of aromatic nitrogens is 1. The van der Waals surface area contributed by atoms with Gasteiger partial charge in [0, 0.05) is 6.42 Å². The summed E-state index contributed by atoms with van der Waals surface area (Å²) in [6.45, 7) is 3.97. The summed E-state index contributed by atoms with van der Waals surface area (Å²) in [6, 6.07) is 5.62. The maximum Gasteiger partial charge on any atom is 0.346 e. The van der Waals surface area contributed by atoms with Crippen molar-refractivity contribution in [3.05, 3.63) is 40.1 Å². The lowest BCUT2D eigenvalue weighted by Gasteiger charge is -2.00. The minimum Gasteiger partial charge on any atom is -0.408 e. The molecule has 0 aliphatic heterocycles. The van der Waals surface area contributed by atoms with Gasteiger partial charge in [-0.2, -0.15) is 0 Å². The Labute approximate surface area is 87.8 Å². The summed E-state index contributed by atoms with van der Waals surface area (Å²) in [5, 5.41) is 0.565. The fourth-order valence-corrected chi connectivity index (χ4v) is 1.55. The third-order valence-electron chi connectivity index (χ3n) is 2.29. The lowest BCUT2D eigenvalue weighted by Crippen LogP contribution is -2.05. The van der Waals surface area contributed by atoms with E-state index in [0.717, 1.165) is 17.5 Å². The first-order chi connectivity index (χ1) is 7.20. The molecule has 0 N–H and O–H groups in total. The van der Waals surface area contributed by atoms with Crippen LogP contribution in [0.15, 0.2) is 27.4 Å². The first-order valence-electron chi connectivity index (χ1n) is 5.11. The van der Waals surface area contributed by atoms with Gasteiger partial charge in [0.15, 0.2) is 5.89 Å². The van der Waals surface area contributed by atoms with E-state index in [1.54, 1.807) is 0 Å². The van der Waals surface area contributed by atoms with Crippen LogP contribution in [0.4, 0.5) is 0 Å². The van der Waals surface area contributed by atoms with Crippen LogP contribution < -0.4 is 5.63 Å². The predicted octanol–water partition coefficient (Wildman–Crippen LogP) is 2.45. The minimum absolute atomic E-state index is 0.285. The fraction of sp³-hybridized carbons (Fsp3) is 0.333. The highest BCUT2D eigenvalue weighted by molar-refractivity contribution is 5.77. The second-order valence-corrected chi connectivity index (χ2v) is 3.67. The number of rotatable bonds is 2. The van der Waals surface area contributed by atoms with E-state index in [0.29, 0.717) is 17.7 Å². The zero-order valence-electron chi connectivity index (χ0n) is 8.91. The number of hydrogen-bond donors (Lipinski definition) is 0. The van der Waals surface area contributed by atoms with Crippen LogP contribution in [-0.4, -0.2) is 4.98 Å². The molecule has 0 aliphatic carbocycles. The molecule has 15 heavy (non-hydrogen) atoms. The average Bonchev–Trinajstić information content (AvgIpc) is 2.20. The Kier molecular flexibility index (Phi) is 2.54. The fourth-order valence-electron chi connectivity index (χ4n) is 1.55. The Hall–Kier alpha value is -1.64. The largest absolute Gasteiger partial charge is 0.408 e. The number of nitrogens with zero attached hydrogens (tertiary/aromatic N) is 1. The summed E-state index contributed by atoms with van der Waals surface area (Å²) < 4.78 is 5.12. The monoisotopic (exact) mass is 203 g/mol. The SMILES string of the molecule is CCCc1nc2ccc(C)cc2c(=O)o1. The van der Waals surface area contributed by atoms with Crippen LogP contribution in [0.2, 0.25) is 0 Å². The molecule has 0 bridgehead atoms. The van der Waals surface area contributed by atoms with Crippen LogP contribution in [0, 0.1) is 6.92 Å². The van der Waals surface area contributed by atoms with Crippen molar-refractivity contribution in [1.29, 1.82) is 0 Å². The number of benzene rings is 1. The molecular weight excluding hydrogens is 190 g/mol. The van der Waals surface area contributed by atoms with Crippen LogP contribution in [0.3, 0.4) is 0 Å². The second-order valence-electron chi connectivity index (χ2n) is 3.67. The van der Waals surface area contributed by atoms with Crippen molar-refractivity contribution in [2.75, 3.05) is 0 Å². The van der Waals surface area contributed by atoms with Crippen molar-refractivity contribution in [2.24, 2.45) is 0 Å². The molecule has 2 aromatic rings. The standard InChI is InChI=1S/C12H13NO2/c1-3-4-11-13-10-6-5-8(2)7-9(10)12(14)15-11/h5-7H,3-4H2,1-2H3. The van der Waals surface area contributed by atoms with E-state index in [9.17, 15) is 4.79 Å². The summed E-state index contributed by atoms with van der Waals surface area (Å²) >= 11 is 0. The Morgan fingerprint density at radius 2 is 2.20 bits per heavy atom. The first kappa shape index (κ1) is 9.90. The molecule has 0 radical (unpaired) electrons. The normalized spacial score (nSPS) is 10.8. The van der Waals surface area contributed by atoms with E-state index >= 15 is 0 Å². The molecule has 3 nitrogen and oxygen atoms in total. The highest BCUT2D eigenvalue weighted by Crippen LogP contribution is 2.11. The van der Waals surface area contributed by atoms with Gasteiger partial charge in [-0.1, -0.05) is 18.6 Å². The van der Waals surface area contributed by atoms with Gasteiger partial charge in [-0.3, -0.25) is 0 Å². The van der Waals surface area contributed by atoms with Gasteiger partial charge in [-0.05, 0) is 25.5 Å². The minimum atomic E-state index is -0.285. The molecule has 0 atom stereocenters. The van der Waals surface area contributed by atoms with E-state index in [1.165, 1.54) is 0 Å². The second kappa shape index (κ2) is 3.85. The van der Waals surface area contributed by atoms with Gasteiger partial charge in [-0.25, -0.2) is 9.78 Å². The lowest BCUT2D eigenvalue weighted by atomic mass is 10.2. The molecule has 0 amide bonds. The van der Waals surface area contributed by atoms with E-state index in [2.05, 4.69) is 4.98 Å². The van der Waals surface area contributed by atoms with E-state index in [4.69, 9.17) is 4.42 Å². The summed E-state index contributed by atoms with van der Waals surface area (Å²) in [4.78, 5) is 15.9. The van der Waals surface area contributed by atoms with Crippen LogP contribution in [0.5, 0.6) is 0 Å². The quantitative estimate of drug-likeness (QED) is 0.752. The highest BCUT2D eigenvalue weighted by atomic mass is 16.4. The van der Waals surface area contributed by atoms with Gasteiger partial charge in [0.2, 0.25) is 0 Å². The topological polar surface area (TPSA) is 43.1 Å². The van der Waals surface area contributed by atoms with Crippen LogP contribution in [0.25, 0.3) is 10.9 Å². The number of aryl methyl sites for hydroxylation is 2. The van der Waals surface area contributed by atoms with Crippen LogP contribution in [0.1, 0.15) is 24.8 Å². The van der Waals surface area contributed by atoms with Crippen molar-refractivity contribution in [1.82, 2.24) is 4.98 Å². The third-order valence-corrected chi connectivity index (χ3v) is 2.29. The number of fused-ring (bicyclic) bond motifs is 1. The van der Waals surface area contributed by atoms with Crippen molar-refractivity contribution in [3.8, 4) is 0 Å².